The number of imide groups is 1. The largest absolute Gasteiger partial charge is 0.472 e. The van der Waals surface area contributed by atoms with Crippen molar-refractivity contribution in [3.63, 3.8) is 0 Å². The molecule has 2 amide bonds. The van der Waals surface area contributed by atoms with Crippen LogP contribution in [-0.2, 0) is 11.3 Å². The second-order valence-corrected chi connectivity index (χ2v) is 6.12. The maximum absolute atomic E-state index is 11.6. The van der Waals surface area contributed by atoms with E-state index in [2.05, 4.69) is 10.3 Å². The number of hydrogen-bond donors (Lipinski definition) is 1. The molecule has 1 aliphatic heterocycles. The first-order valence-electron chi connectivity index (χ1n) is 6.90. The number of hydrogen-bond acceptors (Lipinski definition) is 5. The average Bonchev–Trinajstić information content (AvgIpc) is 3.23. The number of carbonyl (C=O) groups is 2. The summed E-state index contributed by atoms with van der Waals surface area (Å²) >= 11 is 0.911. The summed E-state index contributed by atoms with van der Waals surface area (Å²) in [5.41, 5.74) is 3.72. The van der Waals surface area contributed by atoms with E-state index in [1.807, 2.05) is 28.8 Å². The van der Waals surface area contributed by atoms with Gasteiger partial charge in [0.05, 0.1) is 41.3 Å². The Morgan fingerprint density at radius 1 is 1.30 bits per heavy atom. The van der Waals surface area contributed by atoms with E-state index in [4.69, 9.17) is 4.42 Å². The molecule has 0 spiro atoms. The Labute approximate surface area is 135 Å². The van der Waals surface area contributed by atoms with Gasteiger partial charge in [-0.1, -0.05) is 6.07 Å². The number of fused-ring (bicyclic) bond motifs is 1. The Bertz CT molecular complexity index is 941. The number of benzene rings is 1. The Hall–Kier alpha value is -2.80. The fourth-order valence-electron chi connectivity index (χ4n) is 2.44. The summed E-state index contributed by atoms with van der Waals surface area (Å²) in [6, 6.07) is 7.63. The number of imidazole rings is 1. The number of nitrogens with one attached hydrogen (secondary N) is 1. The van der Waals surface area contributed by atoms with Crippen LogP contribution in [0.3, 0.4) is 0 Å². The van der Waals surface area contributed by atoms with Crippen LogP contribution < -0.4 is 5.32 Å². The van der Waals surface area contributed by atoms with Crippen LogP contribution in [0, 0.1) is 0 Å². The van der Waals surface area contributed by atoms with E-state index in [0.29, 0.717) is 11.4 Å². The number of furan rings is 1. The van der Waals surface area contributed by atoms with Crippen LogP contribution in [0.25, 0.3) is 17.1 Å². The van der Waals surface area contributed by atoms with Crippen molar-refractivity contribution in [1.82, 2.24) is 14.9 Å². The standard InChI is InChI=1S/C16H11N3O3S/c20-15-14(23-16(21)18-15)6-10-1-2-12-13(5-10)19(9-17-12)7-11-3-4-22-8-11/h1-6,8-9H,7H2,(H,18,20,21)/b14-6+. The van der Waals surface area contributed by atoms with Gasteiger partial charge in [0.25, 0.3) is 11.1 Å². The van der Waals surface area contributed by atoms with Gasteiger partial charge in [0.2, 0.25) is 0 Å². The summed E-state index contributed by atoms with van der Waals surface area (Å²) in [6.45, 7) is 0.654. The lowest BCUT2D eigenvalue weighted by Gasteiger charge is -2.03. The second kappa shape index (κ2) is 5.44. The van der Waals surface area contributed by atoms with Gasteiger partial charge in [-0.3, -0.25) is 14.9 Å². The number of carbonyl (C=O) groups excluding carboxylic acids is 2. The van der Waals surface area contributed by atoms with Gasteiger partial charge in [-0.2, -0.15) is 0 Å². The van der Waals surface area contributed by atoms with E-state index < -0.39 is 0 Å². The quantitative estimate of drug-likeness (QED) is 0.749. The predicted octanol–water partition coefficient (Wildman–Crippen LogP) is 3.00. The molecule has 2 aromatic heterocycles. The van der Waals surface area contributed by atoms with Gasteiger partial charge in [-0.25, -0.2) is 4.98 Å². The molecule has 3 heterocycles. The van der Waals surface area contributed by atoms with Crippen molar-refractivity contribution in [1.29, 1.82) is 0 Å². The molecule has 1 fully saturated rings. The Morgan fingerprint density at radius 3 is 2.96 bits per heavy atom. The zero-order valence-electron chi connectivity index (χ0n) is 11.9. The molecule has 0 aliphatic carbocycles. The molecule has 1 aromatic carbocycles. The molecule has 23 heavy (non-hydrogen) atoms. The molecule has 6 nitrogen and oxygen atoms in total. The summed E-state index contributed by atoms with van der Waals surface area (Å²) in [6.07, 6.45) is 6.81. The molecule has 1 N–H and O–H groups in total. The van der Waals surface area contributed by atoms with Crippen LogP contribution >= 0.6 is 11.8 Å². The van der Waals surface area contributed by atoms with Gasteiger partial charge in [-0.05, 0) is 41.6 Å². The van der Waals surface area contributed by atoms with Crippen LogP contribution in [0.4, 0.5) is 4.79 Å². The third-order valence-corrected chi connectivity index (χ3v) is 4.33. The number of aromatic nitrogens is 2. The number of nitrogens with zero attached hydrogens (tertiary/aromatic N) is 2. The fraction of sp³-hybridized carbons (Fsp3) is 0.0625. The van der Waals surface area contributed by atoms with E-state index in [-0.39, 0.29) is 11.1 Å². The normalized spacial score (nSPS) is 16.4. The first kappa shape index (κ1) is 13.8. The van der Waals surface area contributed by atoms with Gasteiger partial charge in [0, 0.05) is 5.56 Å². The average molecular weight is 325 g/mol. The summed E-state index contributed by atoms with van der Waals surface area (Å²) in [7, 11) is 0. The van der Waals surface area contributed by atoms with E-state index in [1.165, 1.54) is 0 Å². The molecule has 4 rings (SSSR count). The Balaban J connectivity index is 1.71. The second-order valence-electron chi connectivity index (χ2n) is 5.10. The van der Waals surface area contributed by atoms with E-state index in [1.54, 1.807) is 24.9 Å². The van der Waals surface area contributed by atoms with Gasteiger partial charge in [0.1, 0.15) is 0 Å². The van der Waals surface area contributed by atoms with Crippen LogP contribution in [0.15, 0.2) is 52.4 Å². The van der Waals surface area contributed by atoms with Crippen molar-refractivity contribution in [2.24, 2.45) is 0 Å². The van der Waals surface area contributed by atoms with Gasteiger partial charge >= 0.3 is 0 Å². The van der Waals surface area contributed by atoms with Crippen molar-refractivity contribution in [3.05, 3.63) is 59.2 Å². The zero-order chi connectivity index (χ0) is 15.8. The van der Waals surface area contributed by atoms with Gasteiger partial charge in [0.15, 0.2) is 0 Å². The smallest absolute Gasteiger partial charge is 0.290 e. The minimum Gasteiger partial charge on any atom is -0.472 e. The lowest BCUT2D eigenvalue weighted by atomic mass is 10.2. The van der Waals surface area contributed by atoms with Gasteiger partial charge < -0.3 is 8.98 Å². The maximum atomic E-state index is 11.6. The molecule has 0 radical (unpaired) electrons. The molecular weight excluding hydrogens is 314 g/mol. The van der Waals surface area contributed by atoms with Crippen molar-refractivity contribution < 1.29 is 14.0 Å². The summed E-state index contributed by atoms with van der Waals surface area (Å²) in [5, 5.41) is 1.91. The zero-order valence-corrected chi connectivity index (χ0v) is 12.7. The van der Waals surface area contributed by atoms with E-state index >= 15 is 0 Å². The Kier molecular flexibility index (Phi) is 3.27. The molecule has 0 atom stereocenters. The molecule has 114 valence electrons. The molecule has 0 bridgehead atoms. The van der Waals surface area contributed by atoms with Crippen molar-refractivity contribution in [2.75, 3.05) is 0 Å². The first-order valence-corrected chi connectivity index (χ1v) is 7.71. The summed E-state index contributed by atoms with van der Waals surface area (Å²) in [5.74, 6) is -0.355. The number of rotatable bonds is 3. The SMILES string of the molecule is O=C1NC(=O)/C(=C\c2ccc3ncn(Cc4ccoc4)c3c2)S1. The molecule has 7 heteroatoms. The molecule has 3 aromatic rings. The highest BCUT2D eigenvalue weighted by molar-refractivity contribution is 8.18. The first-order chi connectivity index (χ1) is 11.2. The van der Waals surface area contributed by atoms with Crippen LogP contribution in [0.5, 0.6) is 0 Å². The monoisotopic (exact) mass is 325 g/mol. The van der Waals surface area contributed by atoms with Gasteiger partial charge in [-0.15, -0.1) is 0 Å². The molecular formula is C16H11N3O3S. The van der Waals surface area contributed by atoms with Crippen LogP contribution in [0.1, 0.15) is 11.1 Å². The van der Waals surface area contributed by atoms with Crippen molar-refractivity contribution in [3.8, 4) is 0 Å². The van der Waals surface area contributed by atoms with Crippen LogP contribution in [-0.4, -0.2) is 20.7 Å². The van der Waals surface area contributed by atoms with Crippen molar-refractivity contribution in [2.45, 2.75) is 6.54 Å². The summed E-state index contributed by atoms with van der Waals surface area (Å²) in [4.78, 5) is 27.6. The Morgan fingerprint density at radius 2 is 2.22 bits per heavy atom. The predicted molar refractivity (Wildman–Crippen MR) is 86.6 cm³/mol. The highest BCUT2D eigenvalue weighted by atomic mass is 32.2. The van der Waals surface area contributed by atoms with Crippen LogP contribution in [0.2, 0.25) is 0 Å². The highest BCUT2D eigenvalue weighted by Crippen LogP contribution is 2.26. The number of thioether (sulfide) groups is 1. The minimum atomic E-state index is -0.355. The minimum absolute atomic E-state index is 0.340. The molecule has 0 saturated carbocycles. The van der Waals surface area contributed by atoms with E-state index in [9.17, 15) is 9.59 Å². The molecule has 0 unspecified atom stereocenters. The highest BCUT2D eigenvalue weighted by Gasteiger charge is 2.24. The van der Waals surface area contributed by atoms with E-state index in [0.717, 1.165) is 33.9 Å². The third-order valence-electron chi connectivity index (χ3n) is 3.52. The summed E-state index contributed by atoms with van der Waals surface area (Å²) < 4.78 is 7.10. The number of amides is 2. The fourth-order valence-corrected chi connectivity index (χ4v) is 3.12. The molecule has 1 aliphatic rings. The topological polar surface area (TPSA) is 77.1 Å². The lowest BCUT2D eigenvalue weighted by Crippen LogP contribution is -2.17. The van der Waals surface area contributed by atoms with Crippen molar-refractivity contribution >= 4 is 40.0 Å². The maximum Gasteiger partial charge on any atom is 0.290 e. The molecule has 1 saturated heterocycles. The lowest BCUT2D eigenvalue weighted by molar-refractivity contribution is -0.115. The third kappa shape index (κ3) is 2.66.